The number of nitrogens with zero attached hydrogens (tertiary/aromatic N) is 5. The van der Waals surface area contributed by atoms with Crippen molar-refractivity contribution in [3.05, 3.63) is 77.5 Å². The third-order valence-electron chi connectivity index (χ3n) is 5.62. The van der Waals surface area contributed by atoms with E-state index in [1.807, 2.05) is 0 Å². The third-order valence-corrected chi connectivity index (χ3v) is 5.62. The number of ether oxygens (including phenoxy) is 1. The first-order valence-electron chi connectivity index (χ1n) is 10.7. The van der Waals surface area contributed by atoms with Crippen LogP contribution in [0.1, 0.15) is 12.5 Å². The van der Waals surface area contributed by atoms with E-state index in [2.05, 4.69) is 32.1 Å². The van der Waals surface area contributed by atoms with E-state index in [0.29, 0.717) is 35.8 Å². The van der Waals surface area contributed by atoms with Crippen molar-refractivity contribution in [2.75, 3.05) is 18.4 Å². The summed E-state index contributed by atoms with van der Waals surface area (Å²) in [5.74, 6) is -2.23. The van der Waals surface area contributed by atoms with E-state index in [-0.39, 0.29) is 29.9 Å². The number of pyridine rings is 1. The molecule has 1 aliphatic heterocycles. The molecule has 1 saturated heterocycles. The summed E-state index contributed by atoms with van der Waals surface area (Å²) >= 11 is 0. The summed E-state index contributed by atoms with van der Waals surface area (Å²) in [6, 6.07) is 3.78. The fraction of sp³-hybridized carbons (Fsp3) is 0.174. The average Bonchev–Trinajstić information content (AvgIpc) is 3.53. The summed E-state index contributed by atoms with van der Waals surface area (Å²) in [7, 11) is 0. The van der Waals surface area contributed by atoms with Gasteiger partial charge in [0.1, 0.15) is 11.5 Å². The molecule has 3 aromatic heterocycles. The lowest BCUT2D eigenvalue weighted by Crippen LogP contribution is -2.31. The first-order valence-corrected chi connectivity index (χ1v) is 10.7. The molecule has 1 fully saturated rings. The van der Waals surface area contributed by atoms with Gasteiger partial charge < -0.3 is 15.0 Å². The molecule has 178 valence electrons. The normalized spacial score (nSPS) is 15.4. The van der Waals surface area contributed by atoms with Gasteiger partial charge >= 0.3 is 0 Å². The fourth-order valence-corrected chi connectivity index (χ4v) is 3.97. The maximum atomic E-state index is 14.2. The number of H-pyrrole nitrogens is 1. The molecule has 4 aromatic rings. The van der Waals surface area contributed by atoms with Gasteiger partial charge in [-0.1, -0.05) is 6.58 Å². The van der Waals surface area contributed by atoms with Gasteiger partial charge in [-0.25, -0.2) is 13.8 Å². The number of hydrogen-bond donors (Lipinski definition) is 2. The lowest BCUT2D eigenvalue weighted by Gasteiger charge is -2.19. The van der Waals surface area contributed by atoms with Crippen LogP contribution in [0.5, 0.6) is 11.5 Å². The summed E-state index contributed by atoms with van der Waals surface area (Å²) in [5.41, 5.74) is 0.349. The number of halogens is 2. The Hall–Kier alpha value is -4.61. The number of likely N-dealkylation sites (tertiary alicyclic amines) is 1. The van der Waals surface area contributed by atoms with Gasteiger partial charge in [-0.2, -0.15) is 10.1 Å². The van der Waals surface area contributed by atoms with E-state index in [1.54, 1.807) is 17.3 Å². The number of aromatic nitrogens is 5. The van der Waals surface area contributed by atoms with Gasteiger partial charge in [0, 0.05) is 36.9 Å². The first-order chi connectivity index (χ1) is 16.9. The summed E-state index contributed by atoms with van der Waals surface area (Å²) in [4.78, 5) is 36.0. The van der Waals surface area contributed by atoms with Crippen LogP contribution in [0.25, 0.3) is 11.0 Å². The highest BCUT2D eigenvalue weighted by Crippen LogP contribution is 2.29. The van der Waals surface area contributed by atoms with Gasteiger partial charge in [0.25, 0.3) is 5.56 Å². The number of aromatic amines is 1. The van der Waals surface area contributed by atoms with Crippen LogP contribution in [-0.2, 0) is 4.79 Å². The molecular weight excluding hydrogens is 460 g/mol. The Labute approximate surface area is 196 Å². The molecular formula is C23H19F2N7O3. The quantitative estimate of drug-likeness (QED) is 0.408. The van der Waals surface area contributed by atoms with E-state index in [1.165, 1.54) is 22.9 Å². The Morgan fingerprint density at radius 1 is 1.26 bits per heavy atom. The Morgan fingerprint density at radius 2 is 2.11 bits per heavy atom. The van der Waals surface area contributed by atoms with Crippen LogP contribution in [0, 0.1) is 11.6 Å². The zero-order chi connectivity index (χ0) is 24.5. The summed E-state index contributed by atoms with van der Waals surface area (Å²) in [6.45, 7) is 4.19. The van der Waals surface area contributed by atoms with E-state index in [9.17, 15) is 18.4 Å². The predicted octanol–water partition coefficient (Wildman–Crippen LogP) is 3.29. The first kappa shape index (κ1) is 22.2. The van der Waals surface area contributed by atoms with Gasteiger partial charge in [-0.3, -0.25) is 19.3 Å². The van der Waals surface area contributed by atoms with E-state index < -0.39 is 23.2 Å². The van der Waals surface area contributed by atoms with Crippen LogP contribution in [0.2, 0.25) is 0 Å². The number of carbonyl (C=O) groups excluding carboxylic acids is 1. The molecule has 1 atom stereocenters. The third kappa shape index (κ3) is 4.33. The lowest BCUT2D eigenvalue weighted by atomic mass is 10.2. The number of rotatable bonds is 6. The smallest absolute Gasteiger partial charge is 0.295 e. The number of fused-ring (bicyclic) bond motifs is 1. The molecule has 0 radical (unpaired) electrons. The van der Waals surface area contributed by atoms with Crippen molar-refractivity contribution in [3.63, 3.8) is 0 Å². The molecule has 1 amide bonds. The van der Waals surface area contributed by atoms with E-state index >= 15 is 0 Å². The van der Waals surface area contributed by atoms with Crippen LogP contribution >= 0.6 is 0 Å². The Bertz CT molecular complexity index is 1490. The van der Waals surface area contributed by atoms with Crippen LogP contribution < -0.4 is 15.6 Å². The van der Waals surface area contributed by atoms with Crippen molar-refractivity contribution in [2.24, 2.45) is 0 Å². The zero-order valence-corrected chi connectivity index (χ0v) is 18.2. The number of anilines is 2. The summed E-state index contributed by atoms with van der Waals surface area (Å²) in [5, 5.41) is 9.97. The van der Waals surface area contributed by atoms with Crippen LogP contribution in [0.3, 0.4) is 0 Å². The van der Waals surface area contributed by atoms with Crippen LogP contribution in [0.4, 0.5) is 20.4 Å². The highest BCUT2D eigenvalue weighted by atomic mass is 19.1. The van der Waals surface area contributed by atoms with E-state index in [4.69, 9.17) is 4.74 Å². The van der Waals surface area contributed by atoms with Gasteiger partial charge in [0.2, 0.25) is 11.9 Å². The minimum Gasteiger partial charge on any atom is -0.448 e. The standard InChI is InChI=1S/C23H19F2N7O3/c1-2-20(33)31-6-5-16(12-31)32-21-13(9-26-23(30-21)29-15-10-27-28-11-15)7-19(22(32)34)35-18-4-3-14(24)8-17(18)25/h2-4,7-11,16H,1,5-6,12H2,(H,27,28)(H,26,29,30). The molecule has 0 aliphatic carbocycles. The number of amides is 1. The van der Waals surface area contributed by atoms with Crippen molar-refractivity contribution in [3.8, 4) is 11.5 Å². The molecule has 0 bridgehead atoms. The van der Waals surface area contributed by atoms with Gasteiger partial charge in [0.05, 0.1) is 17.9 Å². The minimum absolute atomic E-state index is 0.185. The van der Waals surface area contributed by atoms with Crippen molar-refractivity contribution in [2.45, 2.75) is 12.5 Å². The maximum Gasteiger partial charge on any atom is 0.295 e. The molecule has 1 aromatic carbocycles. The number of hydrogen-bond acceptors (Lipinski definition) is 7. The van der Waals surface area contributed by atoms with Crippen LogP contribution in [0.15, 0.2) is 60.3 Å². The molecule has 1 unspecified atom stereocenters. The highest BCUT2D eigenvalue weighted by Gasteiger charge is 2.29. The second kappa shape index (κ2) is 8.97. The SMILES string of the molecule is C=CC(=O)N1CCC(n2c(=O)c(Oc3ccc(F)cc3F)cc3cnc(Nc4cn[nH]c4)nc32)C1. The monoisotopic (exact) mass is 479 g/mol. The molecule has 2 N–H and O–H groups in total. The summed E-state index contributed by atoms with van der Waals surface area (Å²) < 4.78 is 34.5. The van der Waals surface area contributed by atoms with Gasteiger partial charge in [-0.15, -0.1) is 0 Å². The number of nitrogens with one attached hydrogen (secondary N) is 2. The van der Waals surface area contributed by atoms with Crippen molar-refractivity contribution in [1.29, 1.82) is 0 Å². The van der Waals surface area contributed by atoms with Crippen molar-refractivity contribution < 1.29 is 18.3 Å². The van der Waals surface area contributed by atoms with Gasteiger partial charge in [0.15, 0.2) is 17.3 Å². The van der Waals surface area contributed by atoms with E-state index in [0.717, 1.165) is 12.1 Å². The summed E-state index contributed by atoms with van der Waals surface area (Å²) in [6.07, 6.45) is 6.36. The minimum atomic E-state index is -0.949. The highest BCUT2D eigenvalue weighted by molar-refractivity contribution is 5.87. The number of benzene rings is 1. The Kier molecular flexibility index (Phi) is 5.69. The maximum absolute atomic E-state index is 14.2. The molecule has 1 aliphatic rings. The Balaban J connectivity index is 1.61. The second-order valence-electron chi connectivity index (χ2n) is 7.88. The predicted molar refractivity (Wildman–Crippen MR) is 123 cm³/mol. The molecule has 10 nitrogen and oxygen atoms in total. The average molecular weight is 479 g/mol. The Morgan fingerprint density at radius 3 is 2.86 bits per heavy atom. The molecule has 12 heteroatoms. The molecule has 4 heterocycles. The van der Waals surface area contributed by atoms with Gasteiger partial charge in [-0.05, 0) is 30.7 Å². The molecule has 35 heavy (non-hydrogen) atoms. The lowest BCUT2D eigenvalue weighted by molar-refractivity contribution is -0.125. The van der Waals surface area contributed by atoms with Crippen molar-refractivity contribution in [1.82, 2.24) is 29.6 Å². The molecule has 0 spiro atoms. The largest absolute Gasteiger partial charge is 0.448 e. The molecule has 5 rings (SSSR count). The second-order valence-corrected chi connectivity index (χ2v) is 7.88. The van der Waals surface area contributed by atoms with Crippen molar-refractivity contribution >= 4 is 28.6 Å². The molecule has 0 saturated carbocycles. The zero-order valence-electron chi connectivity index (χ0n) is 18.2. The number of carbonyl (C=O) groups is 1. The fourth-order valence-electron chi connectivity index (χ4n) is 3.97. The van der Waals surface area contributed by atoms with Crippen LogP contribution in [-0.4, -0.2) is 48.6 Å². The topological polar surface area (TPSA) is 118 Å².